The number of carbonyl (C=O) groups excluding carboxylic acids is 1. The molecule has 1 amide bonds. The van der Waals surface area contributed by atoms with Gasteiger partial charge in [0.05, 0.1) is 11.2 Å². The van der Waals surface area contributed by atoms with Crippen molar-refractivity contribution in [2.45, 2.75) is 45.1 Å². The first kappa shape index (κ1) is 14.4. The molecule has 0 aliphatic heterocycles. The van der Waals surface area contributed by atoms with Gasteiger partial charge in [0.2, 0.25) is 0 Å². The molecule has 2 rings (SSSR count). The molecule has 1 saturated carbocycles. The molecule has 0 aromatic carbocycles. The topological polar surface area (TPSA) is 46.9 Å². The van der Waals surface area contributed by atoms with Gasteiger partial charge in [0.1, 0.15) is 5.69 Å². The Morgan fingerprint density at radius 3 is 2.95 bits per heavy atom. The molecule has 1 heterocycles. The van der Waals surface area contributed by atoms with Crippen LogP contribution in [0.4, 0.5) is 0 Å². The molecule has 4 nitrogen and oxygen atoms in total. The Bertz CT molecular complexity index is 471. The van der Waals surface area contributed by atoms with Gasteiger partial charge in [-0.1, -0.05) is 19.8 Å². The maximum absolute atomic E-state index is 12.4. The van der Waals surface area contributed by atoms with Gasteiger partial charge >= 0.3 is 0 Å². The average molecular weight is 284 g/mol. The molecular formula is C14H22ClN3O. The monoisotopic (exact) mass is 283 g/mol. The van der Waals surface area contributed by atoms with Crippen LogP contribution in [0.5, 0.6) is 0 Å². The zero-order valence-electron chi connectivity index (χ0n) is 11.9. The number of nitrogens with one attached hydrogen (secondary N) is 1. The van der Waals surface area contributed by atoms with Crippen LogP contribution in [-0.2, 0) is 7.05 Å². The van der Waals surface area contributed by atoms with Crippen LogP contribution in [0.25, 0.3) is 0 Å². The summed E-state index contributed by atoms with van der Waals surface area (Å²) < 4.78 is 1.62. The molecule has 2 unspecified atom stereocenters. The molecule has 5 heteroatoms. The quantitative estimate of drug-likeness (QED) is 0.867. The van der Waals surface area contributed by atoms with Crippen molar-refractivity contribution in [3.63, 3.8) is 0 Å². The summed E-state index contributed by atoms with van der Waals surface area (Å²) in [6.07, 6.45) is 4.26. The van der Waals surface area contributed by atoms with Crippen LogP contribution in [0, 0.1) is 12.8 Å². The lowest BCUT2D eigenvalue weighted by Crippen LogP contribution is -2.53. The van der Waals surface area contributed by atoms with Crippen LogP contribution in [0.15, 0.2) is 6.07 Å². The van der Waals surface area contributed by atoms with Crippen LogP contribution >= 0.6 is 11.6 Å². The summed E-state index contributed by atoms with van der Waals surface area (Å²) in [5, 5.41) is 7.36. The van der Waals surface area contributed by atoms with E-state index in [0.717, 1.165) is 25.0 Å². The maximum Gasteiger partial charge on any atom is 0.270 e. The summed E-state index contributed by atoms with van der Waals surface area (Å²) in [6, 6.07) is 1.81. The lowest BCUT2D eigenvalue weighted by molar-refractivity contribution is 0.0857. The molecule has 0 bridgehead atoms. The first-order valence-electron chi connectivity index (χ1n) is 6.85. The van der Waals surface area contributed by atoms with E-state index in [0.29, 0.717) is 17.5 Å². The molecule has 2 atom stereocenters. The molecule has 0 spiro atoms. The summed E-state index contributed by atoms with van der Waals surface area (Å²) in [5.41, 5.74) is 1.19. The van der Waals surface area contributed by atoms with Crippen molar-refractivity contribution < 1.29 is 4.79 Å². The first-order chi connectivity index (χ1) is 8.96. The maximum atomic E-state index is 12.4. The molecule has 1 aromatic heterocycles. The molecule has 1 aliphatic carbocycles. The highest BCUT2D eigenvalue weighted by Gasteiger charge is 2.36. The third-order valence-electron chi connectivity index (χ3n) is 3.96. The highest BCUT2D eigenvalue weighted by atomic mass is 35.5. The van der Waals surface area contributed by atoms with Crippen molar-refractivity contribution in [3.05, 3.63) is 17.5 Å². The number of carbonyl (C=O) groups is 1. The molecule has 0 saturated heterocycles. The van der Waals surface area contributed by atoms with E-state index in [-0.39, 0.29) is 11.4 Å². The third kappa shape index (κ3) is 3.11. The third-order valence-corrected chi connectivity index (χ3v) is 4.47. The molecular weight excluding hydrogens is 262 g/mol. The van der Waals surface area contributed by atoms with Crippen molar-refractivity contribution in [1.29, 1.82) is 0 Å². The summed E-state index contributed by atoms with van der Waals surface area (Å²) in [7, 11) is 1.79. The van der Waals surface area contributed by atoms with Gasteiger partial charge in [-0.25, -0.2) is 0 Å². The molecule has 1 aliphatic rings. The van der Waals surface area contributed by atoms with Gasteiger partial charge in [0.15, 0.2) is 0 Å². The Morgan fingerprint density at radius 1 is 1.68 bits per heavy atom. The number of alkyl halides is 1. The number of aromatic nitrogens is 2. The standard InChI is InChI=1S/C14H22ClN3O/c1-10-5-4-6-14(8-10,9-15)16-13(19)12-7-11(2)17-18(12)3/h7,10H,4-6,8-9H2,1-3H3,(H,16,19). The van der Waals surface area contributed by atoms with E-state index in [4.69, 9.17) is 11.6 Å². The molecule has 106 valence electrons. The van der Waals surface area contributed by atoms with Crippen LogP contribution in [0.1, 0.15) is 48.8 Å². The van der Waals surface area contributed by atoms with E-state index in [1.54, 1.807) is 11.7 Å². The zero-order valence-corrected chi connectivity index (χ0v) is 12.6. The molecule has 1 aromatic rings. The molecule has 1 fully saturated rings. The lowest BCUT2D eigenvalue weighted by Gasteiger charge is -2.39. The van der Waals surface area contributed by atoms with E-state index in [1.165, 1.54) is 6.42 Å². The summed E-state index contributed by atoms with van der Waals surface area (Å²) >= 11 is 6.14. The average Bonchev–Trinajstić information content (AvgIpc) is 2.68. The Hall–Kier alpha value is -1.03. The minimum absolute atomic E-state index is 0.0714. The van der Waals surface area contributed by atoms with Gasteiger partial charge in [-0.05, 0) is 31.7 Å². The lowest BCUT2D eigenvalue weighted by atomic mass is 9.77. The number of nitrogens with zero attached hydrogens (tertiary/aromatic N) is 2. The predicted octanol–water partition coefficient (Wildman–Crippen LogP) is 2.65. The summed E-state index contributed by atoms with van der Waals surface area (Å²) in [5.74, 6) is 1.01. The van der Waals surface area contributed by atoms with Crippen molar-refractivity contribution in [3.8, 4) is 0 Å². The van der Waals surface area contributed by atoms with Crippen molar-refractivity contribution in [2.24, 2.45) is 13.0 Å². The minimum atomic E-state index is -0.255. The second-order valence-electron chi connectivity index (χ2n) is 5.86. The van der Waals surface area contributed by atoms with Crippen LogP contribution in [-0.4, -0.2) is 27.1 Å². The highest BCUT2D eigenvalue weighted by Crippen LogP contribution is 2.33. The van der Waals surface area contributed by atoms with Crippen molar-refractivity contribution >= 4 is 17.5 Å². The van der Waals surface area contributed by atoms with Crippen LogP contribution in [0.2, 0.25) is 0 Å². The number of aryl methyl sites for hydroxylation is 2. The van der Waals surface area contributed by atoms with E-state index in [1.807, 2.05) is 13.0 Å². The van der Waals surface area contributed by atoms with Crippen molar-refractivity contribution in [1.82, 2.24) is 15.1 Å². The fourth-order valence-electron chi connectivity index (χ4n) is 3.06. The normalized spacial score (nSPS) is 27.3. The van der Waals surface area contributed by atoms with Gasteiger partial charge in [-0.2, -0.15) is 5.10 Å². The molecule has 19 heavy (non-hydrogen) atoms. The molecule has 0 radical (unpaired) electrons. The Balaban J connectivity index is 2.14. The number of halogens is 1. The zero-order chi connectivity index (χ0) is 14.0. The number of amides is 1. The van der Waals surface area contributed by atoms with Crippen LogP contribution < -0.4 is 5.32 Å². The SMILES string of the molecule is Cc1cc(C(=O)NC2(CCl)CCCC(C)C2)n(C)n1. The Kier molecular flexibility index (Phi) is 4.19. The highest BCUT2D eigenvalue weighted by molar-refractivity contribution is 6.19. The van der Waals surface area contributed by atoms with E-state index in [2.05, 4.69) is 17.3 Å². The van der Waals surface area contributed by atoms with E-state index < -0.39 is 0 Å². The summed E-state index contributed by atoms with van der Waals surface area (Å²) in [6.45, 7) is 4.11. The van der Waals surface area contributed by atoms with E-state index >= 15 is 0 Å². The van der Waals surface area contributed by atoms with Crippen molar-refractivity contribution in [2.75, 3.05) is 5.88 Å². The predicted molar refractivity (Wildman–Crippen MR) is 76.5 cm³/mol. The van der Waals surface area contributed by atoms with Crippen LogP contribution in [0.3, 0.4) is 0 Å². The Morgan fingerprint density at radius 2 is 2.42 bits per heavy atom. The number of rotatable bonds is 3. The van der Waals surface area contributed by atoms with Gasteiger partial charge in [0.25, 0.3) is 5.91 Å². The fraction of sp³-hybridized carbons (Fsp3) is 0.714. The summed E-state index contributed by atoms with van der Waals surface area (Å²) in [4.78, 5) is 12.4. The second-order valence-corrected chi connectivity index (χ2v) is 6.13. The second kappa shape index (κ2) is 5.53. The Labute approximate surface area is 119 Å². The van der Waals surface area contributed by atoms with Gasteiger partial charge in [-0.15, -0.1) is 11.6 Å². The van der Waals surface area contributed by atoms with Gasteiger partial charge < -0.3 is 5.32 Å². The minimum Gasteiger partial charge on any atom is -0.344 e. The first-order valence-corrected chi connectivity index (χ1v) is 7.38. The van der Waals surface area contributed by atoms with Gasteiger partial charge in [0, 0.05) is 12.9 Å². The smallest absolute Gasteiger partial charge is 0.270 e. The fourth-order valence-corrected chi connectivity index (χ4v) is 3.37. The molecule has 1 N–H and O–H groups in total. The van der Waals surface area contributed by atoms with Gasteiger partial charge in [-0.3, -0.25) is 9.48 Å². The number of hydrogen-bond acceptors (Lipinski definition) is 2. The van der Waals surface area contributed by atoms with E-state index in [9.17, 15) is 4.79 Å². The number of hydrogen-bond donors (Lipinski definition) is 1. The largest absolute Gasteiger partial charge is 0.344 e.